The van der Waals surface area contributed by atoms with E-state index in [9.17, 15) is 29.9 Å². The van der Waals surface area contributed by atoms with Crippen LogP contribution in [0.5, 0.6) is 28.7 Å². The molecule has 0 radical (unpaired) electrons. The number of carbonyl (C=O) groups is 2. The predicted molar refractivity (Wildman–Crippen MR) is 233 cm³/mol. The molecule has 6 rings (SSSR count). The largest absolute Gasteiger partial charge is 0.497 e. The van der Waals surface area contributed by atoms with Crippen molar-refractivity contribution in [1.29, 1.82) is 0 Å². The van der Waals surface area contributed by atoms with Crippen molar-refractivity contribution in [3.05, 3.63) is 101 Å². The Kier molecular flexibility index (Phi) is 15.6. The van der Waals surface area contributed by atoms with Crippen molar-refractivity contribution in [3.8, 4) is 28.7 Å². The fourth-order valence-corrected chi connectivity index (χ4v) is 9.01. The van der Waals surface area contributed by atoms with E-state index in [4.69, 9.17) is 33.3 Å². The highest BCUT2D eigenvalue weighted by Crippen LogP contribution is 2.62. The summed E-state index contributed by atoms with van der Waals surface area (Å²) in [5.74, 6) is -1.00. The second-order valence-corrected chi connectivity index (χ2v) is 15.5. The number of anilines is 1. The zero-order valence-corrected chi connectivity index (χ0v) is 36.0. The van der Waals surface area contributed by atoms with Crippen LogP contribution in [0.2, 0.25) is 0 Å². The molecule has 3 aromatic carbocycles. The lowest BCUT2D eigenvalue weighted by Gasteiger charge is -2.59. The zero-order valence-electron chi connectivity index (χ0n) is 36.0. The second-order valence-electron chi connectivity index (χ2n) is 15.5. The SMILES string of the molecule is C=CCO[C@@]12Oc3ccc(OC(=O)Nc4ccc(OC)cc4OC)cc3[C@H]3[C@H](CCCCO)[C@@H](CCCCO)C=C(C(=NOCC)C[C@@H]1N(C)C(=O)Oc1ccc([N+](=O)[O-])cc1)[C@H]32. The number of rotatable bonds is 20. The fourth-order valence-electron chi connectivity index (χ4n) is 9.01. The van der Waals surface area contributed by atoms with Crippen molar-refractivity contribution in [2.75, 3.05) is 53.0 Å². The number of nitro benzene ring substituents is 1. The number of allylic oxidation sites excluding steroid dienone is 1. The summed E-state index contributed by atoms with van der Waals surface area (Å²) in [6, 6.07) is 14.4. The molecule has 0 aromatic heterocycles. The van der Waals surface area contributed by atoms with Crippen LogP contribution in [-0.2, 0) is 9.57 Å². The third kappa shape index (κ3) is 10.2. The van der Waals surface area contributed by atoms with Crippen LogP contribution >= 0.6 is 0 Å². The lowest BCUT2D eigenvalue weighted by atomic mass is 9.55. The van der Waals surface area contributed by atoms with E-state index in [0.29, 0.717) is 54.3 Å². The van der Waals surface area contributed by atoms with Crippen molar-refractivity contribution in [2.24, 2.45) is 22.9 Å². The molecule has 3 N–H and O–H groups in total. The van der Waals surface area contributed by atoms with E-state index in [2.05, 4.69) is 23.1 Å². The van der Waals surface area contributed by atoms with Crippen LogP contribution in [0.3, 0.4) is 0 Å². The number of unbranched alkanes of at least 4 members (excludes halogenated alkanes) is 2. The number of carbonyl (C=O) groups excluding carboxylic acids is 2. The number of hydrogen-bond acceptors (Lipinski definition) is 14. The number of methoxy groups -OCH3 is 2. The molecule has 0 unspecified atom stereocenters. The van der Waals surface area contributed by atoms with Crippen LogP contribution in [-0.4, -0.2) is 97.5 Å². The van der Waals surface area contributed by atoms with Gasteiger partial charge in [0.25, 0.3) is 5.69 Å². The van der Waals surface area contributed by atoms with Gasteiger partial charge in [0, 0.05) is 56.4 Å². The molecular weight excluding hydrogens is 817 g/mol. The first kappa shape index (κ1) is 46.3. The highest BCUT2D eigenvalue weighted by atomic mass is 16.7. The summed E-state index contributed by atoms with van der Waals surface area (Å²) in [4.78, 5) is 45.6. The number of fused-ring (bicyclic) bond motifs is 2. The summed E-state index contributed by atoms with van der Waals surface area (Å²) in [6.07, 6.45) is 6.47. The van der Waals surface area contributed by atoms with Crippen molar-refractivity contribution in [3.63, 3.8) is 0 Å². The number of aliphatic hydroxyl groups is 2. The Bertz CT molecular complexity index is 2160. The summed E-state index contributed by atoms with van der Waals surface area (Å²) < 4.78 is 36.5. The van der Waals surface area contributed by atoms with Crippen molar-refractivity contribution >= 4 is 29.3 Å². The van der Waals surface area contributed by atoms with E-state index in [1.54, 1.807) is 49.5 Å². The number of aliphatic hydroxyl groups excluding tert-OH is 2. The number of oxime groups is 1. The minimum absolute atomic E-state index is 0.0180. The van der Waals surface area contributed by atoms with Gasteiger partial charge in [0.15, 0.2) is 0 Å². The highest BCUT2D eigenvalue weighted by molar-refractivity contribution is 6.03. The van der Waals surface area contributed by atoms with E-state index in [1.807, 2.05) is 6.92 Å². The first-order valence-corrected chi connectivity index (χ1v) is 21.1. The average molecular weight is 873 g/mol. The first-order chi connectivity index (χ1) is 30.5. The molecule has 1 heterocycles. The van der Waals surface area contributed by atoms with Gasteiger partial charge in [-0.15, -0.1) is 6.58 Å². The standard InChI is InChI=1S/C46H56N4O13/c1-6-24-59-46-41(49(3)45(54)62-31-16-14-30(15-17-31)50(55)56)28-38(48-60-7-2)35-25-29(12-8-10-22-51)34(13-9-11-23-52)42(43(35)46)36-26-33(19-21-39(36)63-46)61-44(53)47-37-20-18-32(57-4)27-40(37)58-5/h6,14-21,25-27,29,34,41-43,51-52H,1,7-13,22-24,28H2,2-5H3,(H,47,53)/t29-,34+,41-,42+,43+,46+/m0/s1. The third-order valence-corrected chi connectivity index (χ3v) is 11.8. The molecule has 6 atom stereocenters. The molecule has 2 aliphatic carbocycles. The Hall–Kier alpha value is -6.17. The maximum atomic E-state index is 14.2. The molecule has 0 spiro atoms. The minimum atomic E-state index is -1.57. The number of non-ortho nitro benzene ring substituents is 1. The maximum Gasteiger partial charge on any atom is 0.417 e. The van der Waals surface area contributed by atoms with Gasteiger partial charge in [0.05, 0.1) is 43.1 Å². The summed E-state index contributed by atoms with van der Waals surface area (Å²) in [5.41, 5.74) is 2.36. The van der Waals surface area contributed by atoms with E-state index in [-0.39, 0.29) is 61.9 Å². The normalized spacial score (nSPS) is 22.6. The van der Waals surface area contributed by atoms with Crippen molar-refractivity contribution < 1.29 is 58.0 Å². The molecule has 0 saturated heterocycles. The predicted octanol–water partition coefficient (Wildman–Crippen LogP) is 8.01. The Morgan fingerprint density at radius 1 is 0.984 bits per heavy atom. The van der Waals surface area contributed by atoms with Gasteiger partial charge in [-0.25, -0.2) is 9.59 Å². The van der Waals surface area contributed by atoms with Gasteiger partial charge in [-0.1, -0.05) is 30.1 Å². The van der Waals surface area contributed by atoms with Crippen LogP contribution in [0.4, 0.5) is 21.0 Å². The third-order valence-electron chi connectivity index (χ3n) is 11.8. The molecule has 338 valence electrons. The number of hydrogen-bond donors (Lipinski definition) is 3. The van der Waals surface area contributed by atoms with Gasteiger partial charge in [-0.2, -0.15) is 0 Å². The molecule has 3 aliphatic rings. The summed E-state index contributed by atoms with van der Waals surface area (Å²) >= 11 is 0. The van der Waals surface area contributed by atoms with Crippen molar-refractivity contribution in [2.45, 2.75) is 69.6 Å². The fraction of sp³-hybridized carbons (Fsp3) is 0.457. The lowest BCUT2D eigenvalue weighted by molar-refractivity contribution is -0.384. The number of ether oxygens (including phenoxy) is 6. The van der Waals surface area contributed by atoms with Gasteiger partial charge >= 0.3 is 12.2 Å². The summed E-state index contributed by atoms with van der Waals surface area (Å²) in [6.45, 7) is 6.14. The maximum absolute atomic E-state index is 14.2. The average Bonchev–Trinajstić information content (AvgIpc) is 3.28. The molecule has 1 aliphatic heterocycles. The van der Waals surface area contributed by atoms with Gasteiger partial charge in [-0.3, -0.25) is 15.4 Å². The van der Waals surface area contributed by atoms with Crippen LogP contribution < -0.4 is 29.0 Å². The lowest BCUT2D eigenvalue weighted by Crippen LogP contribution is -2.69. The highest BCUT2D eigenvalue weighted by Gasteiger charge is 2.65. The second kappa shape index (κ2) is 21.3. The number of nitrogens with zero attached hydrogens (tertiary/aromatic N) is 3. The molecule has 63 heavy (non-hydrogen) atoms. The van der Waals surface area contributed by atoms with E-state index in [0.717, 1.165) is 24.0 Å². The quantitative estimate of drug-likeness (QED) is 0.0426. The Morgan fingerprint density at radius 2 is 1.70 bits per heavy atom. The van der Waals surface area contributed by atoms with Gasteiger partial charge in [0.2, 0.25) is 5.79 Å². The molecule has 17 heteroatoms. The molecule has 17 nitrogen and oxygen atoms in total. The minimum Gasteiger partial charge on any atom is -0.497 e. The van der Waals surface area contributed by atoms with Crippen LogP contribution in [0.15, 0.2) is 90.1 Å². The summed E-state index contributed by atoms with van der Waals surface area (Å²) in [5, 5.41) is 38.4. The zero-order chi connectivity index (χ0) is 45.1. The van der Waals surface area contributed by atoms with Gasteiger partial charge < -0.3 is 48.4 Å². The first-order valence-electron chi connectivity index (χ1n) is 21.1. The molecule has 3 aromatic rings. The van der Waals surface area contributed by atoms with Gasteiger partial charge in [-0.05, 0) is 92.5 Å². The Labute approximate surface area is 366 Å². The topological polar surface area (TPSA) is 210 Å². The van der Waals surface area contributed by atoms with E-state index >= 15 is 0 Å². The van der Waals surface area contributed by atoms with Crippen LogP contribution in [0.25, 0.3) is 0 Å². The van der Waals surface area contributed by atoms with Crippen molar-refractivity contribution in [1.82, 2.24) is 4.90 Å². The number of benzene rings is 3. The number of nitrogens with one attached hydrogen (secondary N) is 1. The molecular formula is C46H56N4O13. The van der Waals surface area contributed by atoms with E-state index in [1.165, 1.54) is 43.4 Å². The Morgan fingerprint density at radius 3 is 2.37 bits per heavy atom. The molecule has 2 amide bonds. The Balaban J connectivity index is 1.48. The number of likely N-dealkylation sites (N-methyl/N-ethyl adjacent to an activating group) is 1. The summed E-state index contributed by atoms with van der Waals surface area (Å²) in [7, 11) is 4.58. The van der Waals surface area contributed by atoms with E-state index < -0.39 is 40.8 Å². The molecule has 1 saturated carbocycles. The smallest absolute Gasteiger partial charge is 0.417 e. The number of amides is 2. The van der Waals surface area contributed by atoms with Crippen LogP contribution in [0, 0.1) is 27.9 Å². The molecule has 1 fully saturated rings. The van der Waals surface area contributed by atoms with Crippen LogP contribution in [0.1, 0.15) is 63.4 Å². The molecule has 0 bridgehead atoms. The monoisotopic (exact) mass is 872 g/mol. The van der Waals surface area contributed by atoms with Gasteiger partial charge in [0.1, 0.15) is 41.4 Å². The number of nitro groups is 1.